The van der Waals surface area contributed by atoms with Crippen molar-refractivity contribution in [3.05, 3.63) is 30.1 Å². The summed E-state index contributed by atoms with van der Waals surface area (Å²) >= 11 is 0. The third-order valence-corrected chi connectivity index (χ3v) is 6.52. The van der Waals surface area contributed by atoms with Crippen molar-refractivity contribution in [2.75, 3.05) is 32.7 Å². The van der Waals surface area contributed by atoms with Crippen LogP contribution in [0.1, 0.15) is 31.4 Å². The van der Waals surface area contributed by atoms with Crippen molar-refractivity contribution in [1.29, 1.82) is 0 Å². The molecule has 1 aromatic rings. The van der Waals surface area contributed by atoms with Crippen LogP contribution in [-0.2, 0) is 10.2 Å². The molecule has 6 nitrogen and oxygen atoms in total. The molecule has 3 rings (SSSR count). The molecule has 0 amide bonds. The molecule has 7 heteroatoms. The van der Waals surface area contributed by atoms with Gasteiger partial charge in [-0.25, -0.2) is 0 Å². The van der Waals surface area contributed by atoms with Crippen LogP contribution in [0.25, 0.3) is 0 Å². The summed E-state index contributed by atoms with van der Waals surface area (Å²) in [4.78, 5) is 4.14. The summed E-state index contributed by atoms with van der Waals surface area (Å²) in [6, 6.07) is 3.63. The highest BCUT2D eigenvalue weighted by molar-refractivity contribution is 7.86. The number of nitrogens with zero attached hydrogens (tertiary/aromatic N) is 3. The van der Waals surface area contributed by atoms with Gasteiger partial charge in [-0.05, 0) is 30.4 Å². The smallest absolute Gasteiger partial charge is 0.282 e. The molecule has 22 heavy (non-hydrogen) atoms. The summed E-state index contributed by atoms with van der Waals surface area (Å²) in [5.41, 5.74) is 0.948. The van der Waals surface area contributed by atoms with E-state index in [0.717, 1.165) is 18.4 Å². The molecule has 1 N–H and O–H groups in total. The van der Waals surface area contributed by atoms with Crippen molar-refractivity contribution < 1.29 is 8.42 Å². The highest BCUT2D eigenvalue weighted by Crippen LogP contribution is 2.28. The molecular weight excluding hydrogens is 300 g/mol. The first-order chi connectivity index (χ1) is 10.6. The fourth-order valence-corrected chi connectivity index (χ4v) is 5.26. The number of nitrogens with one attached hydrogen (secondary N) is 1. The Bertz CT molecular complexity index is 593. The normalized spacial score (nSPS) is 28.6. The molecular formula is C15H24N4O2S. The second-order valence-electron chi connectivity index (χ2n) is 6.23. The molecule has 0 aliphatic carbocycles. The van der Waals surface area contributed by atoms with Crippen molar-refractivity contribution in [1.82, 2.24) is 18.9 Å². The molecule has 0 bridgehead atoms. The zero-order valence-corrected chi connectivity index (χ0v) is 13.8. The maximum Gasteiger partial charge on any atom is 0.282 e. The summed E-state index contributed by atoms with van der Waals surface area (Å²) in [7, 11) is -3.42. The van der Waals surface area contributed by atoms with Crippen LogP contribution in [0.15, 0.2) is 24.5 Å². The predicted molar refractivity (Wildman–Crippen MR) is 85.4 cm³/mol. The second kappa shape index (κ2) is 6.62. The third kappa shape index (κ3) is 3.17. The summed E-state index contributed by atoms with van der Waals surface area (Å²) in [6.07, 6.45) is 5.54. The quantitative estimate of drug-likeness (QED) is 0.901. The molecule has 0 aromatic carbocycles. The van der Waals surface area contributed by atoms with Gasteiger partial charge in [0.1, 0.15) is 0 Å². The SMILES string of the molecule is CC1CCCN(S(=O)(=O)N2CCNCC2c2cccnc2)C1. The van der Waals surface area contributed by atoms with E-state index in [1.54, 1.807) is 21.0 Å². The number of piperidine rings is 1. The summed E-state index contributed by atoms with van der Waals surface area (Å²) < 4.78 is 29.5. The van der Waals surface area contributed by atoms with Crippen molar-refractivity contribution in [3.63, 3.8) is 0 Å². The number of hydrogen-bond acceptors (Lipinski definition) is 4. The van der Waals surface area contributed by atoms with E-state index in [1.165, 1.54) is 0 Å². The Labute approximate surface area is 132 Å². The Morgan fingerprint density at radius 1 is 1.36 bits per heavy atom. The third-order valence-electron chi connectivity index (χ3n) is 4.51. The van der Waals surface area contributed by atoms with Crippen LogP contribution in [-0.4, -0.2) is 54.7 Å². The molecule has 3 heterocycles. The Morgan fingerprint density at radius 2 is 2.23 bits per heavy atom. The second-order valence-corrected chi connectivity index (χ2v) is 8.11. The van der Waals surface area contributed by atoms with Gasteiger partial charge in [0.05, 0.1) is 6.04 Å². The molecule has 2 aliphatic rings. The largest absolute Gasteiger partial charge is 0.313 e. The van der Waals surface area contributed by atoms with Crippen molar-refractivity contribution in [2.24, 2.45) is 5.92 Å². The lowest BCUT2D eigenvalue weighted by atomic mass is 10.0. The Kier molecular flexibility index (Phi) is 4.77. The molecule has 2 unspecified atom stereocenters. The lowest BCUT2D eigenvalue weighted by molar-refractivity contribution is 0.220. The average Bonchev–Trinajstić information content (AvgIpc) is 2.56. The van der Waals surface area contributed by atoms with E-state index in [-0.39, 0.29) is 6.04 Å². The first kappa shape index (κ1) is 15.9. The number of piperazine rings is 1. The Morgan fingerprint density at radius 3 is 2.95 bits per heavy atom. The standard InChI is InChI=1S/C15H24N4O2S/c1-13-4-3-8-18(12-13)22(20,21)19-9-7-17-11-15(19)14-5-2-6-16-10-14/h2,5-6,10,13,15,17H,3-4,7-9,11-12H2,1H3. The summed E-state index contributed by atoms with van der Waals surface area (Å²) in [5, 5.41) is 3.29. The highest BCUT2D eigenvalue weighted by Gasteiger charge is 2.38. The fraction of sp³-hybridized carbons (Fsp3) is 0.667. The molecule has 2 saturated heterocycles. The minimum Gasteiger partial charge on any atom is -0.313 e. The molecule has 2 atom stereocenters. The molecule has 122 valence electrons. The van der Waals surface area contributed by atoms with Crippen LogP contribution < -0.4 is 5.32 Å². The molecule has 1 aromatic heterocycles. The van der Waals surface area contributed by atoms with Gasteiger partial charge in [0.25, 0.3) is 10.2 Å². The molecule has 0 saturated carbocycles. The molecule has 2 aliphatic heterocycles. The minimum atomic E-state index is -3.42. The van der Waals surface area contributed by atoms with Crippen LogP contribution in [0.3, 0.4) is 0 Å². The number of pyridine rings is 1. The number of aromatic nitrogens is 1. The van der Waals surface area contributed by atoms with Crippen LogP contribution in [0.2, 0.25) is 0 Å². The minimum absolute atomic E-state index is 0.176. The van der Waals surface area contributed by atoms with Crippen molar-refractivity contribution >= 4 is 10.2 Å². The van der Waals surface area contributed by atoms with Gasteiger partial charge >= 0.3 is 0 Å². The van der Waals surface area contributed by atoms with Crippen LogP contribution in [0.5, 0.6) is 0 Å². The highest BCUT2D eigenvalue weighted by atomic mass is 32.2. The van der Waals surface area contributed by atoms with Crippen LogP contribution in [0, 0.1) is 5.92 Å². The van der Waals surface area contributed by atoms with Gasteiger partial charge in [-0.2, -0.15) is 17.0 Å². The molecule has 0 spiro atoms. The number of rotatable bonds is 3. The average molecular weight is 324 g/mol. The van der Waals surface area contributed by atoms with Gasteiger partial charge in [-0.3, -0.25) is 4.98 Å². The lowest BCUT2D eigenvalue weighted by Crippen LogP contribution is -2.54. The number of hydrogen-bond donors (Lipinski definition) is 1. The van der Waals surface area contributed by atoms with Gasteiger partial charge in [0.15, 0.2) is 0 Å². The topological polar surface area (TPSA) is 65.5 Å². The van der Waals surface area contributed by atoms with Gasteiger partial charge in [0, 0.05) is 45.1 Å². The summed E-state index contributed by atoms with van der Waals surface area (Å²) in [6.45, 7) is 5.22. The van der Waals surface area contributed by atoms with E-state index < -0.39 is 10.2 Å². The van der Waals surface area contributed by atoms with E-state index in [4.69, 9.17) is 0 Å². The zero-order chi connectivity index (χ0) is 15.6. The lowest BCUT2D eigenvalue weighted by Gasteiger charge is -2.40. The van der Waals surface area contributed by atoms with Gasteiger partial charge < -0.3 is 5.32 Å². The van der Waals surface area contributed by atoms with Crippen LogP contribution >= 0.6 is 0 Å². The van der Waals surface area contributed by atoms with Crippen molar-refractivity contribution in [3.8, 4) is 0 Å². The van der Waals surface area contributed by atoms with E-state index in [2.05, 4.69) is 17.2 Å². The predicted octanol–water partition coefficient (Wildman–Crippen LogP) is 1.00. The van der Waals surface area contributed by atoms with E-state index in [0.29, 0.717) is 38.6 Å². The molecule has 2 fully saturated rings. The summed E-state index contributed by atoms with van der Waals surface area (Å²) in [5.74, 6) is 0.434. The maximum absolute atomic E-state index is 13.1. The molecule has 0 radical (unpaired) electrons. The van der Waals surface area contributed by atoms with E-state index >= 15 is 0 Å². The monoisotopic (exact) mass is 324 g/mol. The van der Waals surface area contributed by atoms with E-state index in [1.807, 2.05) is 12.1 Å². The van der Waals surface area contributed by atoms with Gasteiger partial charge in [0.2, 0.25) is 0 Å². The Balaban J connectivity index is 1.86. The zero-order valence-electron chi connectivity index (χ0n) is 13.0. The van der Waals surface area contributed by atoms with Crippen LogP contribution in [0.4, 0.5) is 0 Å². The first-order valence-corrected chi connectivity index (χ1v) is 9.36. The fourth-order valence-electron chi connectivity index (χ4n) is 3.32. The van der Waals surface area contributed by atoms with Gasteiger partial charge in [-0.1, -0.05) is 13.0 Å². The van der Waals surface area contributed by atoms with Gasteiger partial charge in [-0.15, -0.1) is 0 Å². The maximum atomic E-state index is 13.1. The Hall–Kier alpha value is -1.02. The van der Waals surface area contributed by atoms with E-state index in [9.17, 15) is 8.42 Å². The first-order valence-electron chi connectivity index (χ1n) is 7.96. The van der Waals surface area contributed by atoms with Crippen molar-refractivity contribution in [2.45, 2.75) is 25.8 Å².